The Kier molecular flexibility index (Phi) is 4.27. The Morgan fingerprint density at radius 3 is 2.37 bits per heavy atom. The van der Waals surface area contributed by atoms with Gasteiger partial charge in [0.15, 0.2) is 0 Å². The molecule has 0 aliphatic carbocycles. The lowest BCUT2D eigenvalue weighted by atomic mass is 10.1. The van der Waals surface area contributed by atoms with Crippen molar-refractivity contribution in [3.05, 3.63) is 49.6 Å². The molecule has 0 aliphatic rings. The normalized spacial score (nSPS) is 11.7. The molecule has 1 heterocycles. The van der Waals surface area contributed by atoms with E-state index in [0.29, 0.717) is 19.2 Å². The fraction of sp³-hybridized carbons (Fsp3) is 0.0833. The first kappa shape index (κ1) is 14.9. The minimum absolute atomic E-state index is 0.145. The van der Waals surface area contributed by atoms with E-state index in [-0.39, 0.29) is 5.69 Å². The first-order valence-electron chi connectivity index (χ1n) is 4.97. The summed E-state index contributed by atoms with van der Waals surface area (Å²) in [6.45, 7) is 0. The van der Waals surface area contributed by atoms with Gasteiger partial charge in [-0.2, -0.15) is 13.2 Å². The number of nitrogens with zero attached hydrogens (tertiary/aromatic N) is 1. The fourth-order valence-electron chi connectivity index (χ4n) is 1.47. The smallest absolute Gasteiger partial charge is 0.243 e. The van der Waals surface area contributed by atoms with E-state index in [1.165, 1.54) is 18.2 Å². The number of benzene rings is 1. The van der Waals surface area contributed by atoms with E-state index in [1.807, 2.05) is 0 Å². The Morgan fingerprint density at radius 1 is 1.05 bits per heavy atom. The number of pyridine rings is 1. The van der Waals surface area contributed by atoms with Gasteiger partial charge >= 0.3 is 6.18 Å². The third kappa shape index (κ3) is 3.52. The van der Waals surface area contributed by atoms with Gasteiger partial charge in [0.05, 0.1) is 10.7 Å². The summed E-state index contributed by atoms with van der Waals surface area (Å²) in [6, 6.07) is 7.07. The van der Waals surface area contributed by atoms with Gasteiger partial charge in [-0.25, -0.2) is 4.98 Å². The van der Waals surface area contributed by atoms with Crippen molar-refractivity contribution in [2.45, 2.75) is 6.18 Å². The molecule has 7 heteroatoms. The van der Waals surface area contributed by atoms with E-state index in [4.69, 9.17) is 23.2 Å². The van der Waals surface area contributed by atoms with Crippen LogP contribution in [0.4, 0.5) is 13.2 Å². The monoisotopic (exact) mass is 417 g/mol. The van der Waals surface area contributed by atoms with Crippen molar-refractivity contribution in [1.82, 2.24) is 4.98 Å². The summed E-state index contributed by atoms with van der Waals surface area (Å²) in [5.41, 5.74) is -0.435. The summed E-state index contributed by atoms with van der Waals surface area (Å²) in [5.74, 6) is 0. The first-order valence-corrected chi connectivity index (χ1v) is 6.81. The van der Waals surface area contributed by atoms with Crippen molar-refractivity contribution in [1.29, 1.82) is 0 Å². The molecule has 0 bridgehead atoms. The molecular formula is C12H5Cl2F3IN. The molecule has 0 spiro atoms. The molecule has 0 amide bonds. The highest BCUT2D eigenvalue weighted by molar-refractivity contribution is 14.1. The van der Waals surface area contributed by atoms with Gasteiger partial charge in [-0.1, -0.05) is 23.2 Å². The van der Waals surface area contributed by atoms with Gasteiger partial charge in [0.25, 0.3) is 0 Å². The summed E-state index contributed by atoms with van der Waals surface area (Å²) < 4.78 is 38.6. The predicted octanol–water partition coefficient (Wildman–Crippen LogP) is 5.68. The van der Waals surface area contributed by atoms with Crippen LogP contribution in [-0.4, -0.2) is 4.98 Å². The summed E-state index contributed by atoms with van der Waals surface area (Å²) >= 11 is 13.6. The van der Waals surface area contributed by atoms with E-state index >= 15 is 0 Å². The van der Waals surface area contributed by atoms with Gasteiger partial charge in [-0.05, 0) is 52.9 Å². The highest BCUT2D eigenvalue weighted by Gasteiger charge is 2.33. The molecule has 1 aromatic carbocycles. The van der Waals surface area contributed by atoms with Crippen LogP contribution >= 0.6 is 45.8 Å². The van der Waals surface area contributed by atoms with Crippen LogP contribution in [0.15, 0.2) is 30.3 Å². The molecule has 0 radical (unpaired) electrons. The number of hydrogen-bond donors (Lipinski definition) is 0. The SMILES string of the molecule is FC(F)(F)c1cc(I)cc(-c2cc(Cl)ccc2Cl)n1. The number of rotatable bonds is 1. The van der Waals surface area contributed by atoms with Crippen molar-refractivity contribution >= 4 is 45.8 Å². The van der Waals surface area contributed by atoms with Gasteiger partial charge in [0.1, 0.15) is 5.69 Å². The summed E-state index contributed by atoms with van der Waals surface area (Å²) in [6.07, 6.45) is -4.50. The summed E-state index contributed by atoms with van der Waals surface area (Å²) in [4.78, 5) is 3.60. The number of hydrogen-bond acceptors (Lipinski definition) is 1. The highest BCUT2D eigenvalue weighted by Crippen LogP contribution is 2.34. The van der Waals surface area contributed by atoms with Crippen LogP contribution in [-0.2, 0) is 6.18 Å². The molecule has 19 heavy (non-hydrogen) atoms. The van der Waals surface area contributed by atoms with E-state index in [2.05, 4.69) is 4.98 Å². The average Bonchev–Trinajstić information content (AvgIpc) is 2.30. The van der Waals surface area contributed by atoms with Crippen molar-refractivity contribution in [3.63, 3.8) is 0 Å². The minimum Gasteiger partial charge on any atom is -0.243 e. The zero-order valence-electron chi connectivity index (χ0n) is 9.10. The van der Waals surface area contributed by atoms with Crippen molar-refractivity contribution in [2.24, 2.45) is 0 Å². The van der Waals surface area contributed by atoms with Crippen LogP contribution in [0.25, 0.3) is 11.3 Å². The van der Waals surface area contributed by atoms with Crippen LogP contribution in [0.5, 0.6) is 0 Å². The van der Waals surface area contributed by atoms with E-state index < -0.39 is 11.9 Å². The van der Waals surface area contributed by atoms with E-state index in [0.717, 1.165) is 6.07 Å². The lowest BCUT2D eigenvalue weighted by Crippen LogP contribution is -2.09. The van der Waals surface area contributed by atoms with Crippen molar-refractivity contribution in [2.75, 3.05) is 0 Å². The van der Waals surface area contributed by atoms with Gasteiger partial charge in [-0.3, -0.25) is 0 Å². The second-order valence-corrected chi connectivity index (χ2v) is 5.77. The molecule has 0 fully saturated rings. The predicted molar refractivity (Wildman–Crippen MR) is 77.4 cm³/mol. The van der Waals surface area contributed by atoms with Crippen LogP contribution in [0.3, 0.4) is 0 Å². The largest absolute Gasteiger partial charge is 0.433 e. The number of alkyl halides is 3. The molecule has 0 atom stereocenters. The second kappa shape index (κ2) is 5.46. The fourth-order valence-corrected chi connectivity index (χ4v) is 2.45. The third-order valence-corrected chi connectivity index (χ3v) is 3.47. The molecular weight excluding hydrogens is 413 g/mol. The Morgan fingerprint density at radius 2 is 1.74 bits per heavy atom. The second-order valence-electron chi connectivity index (χ2n) is 3.68. The molecule has 1 aromatic heterocycles. The maximum Gasteiger partial charge on any atom is 0.433 e. The lowest BCUT2D eigenvalue weighted by Gasteiger charge is -2.10. The summed E-state index contributed by atoms with van der Waals surface area (Å²) in [7, 11) is 0. The van der Waals surface area contributed by atoms with Crippen LogP contribution in [0.1, 0.15) is 5.69 Å². The quantitative estimate of drug-likeness (QED) is 0.544. The first-order chi connectivity index (χ1) is 8.77. The van der Waals surface area contributed by atoms with Gasteiger partial charge < -0.3 is 0 Å². The zero-order valence-corrected chi connectivity index (χ0v) is 12.8. The topological polar surface area (TPSA) is 12.9 Å². The Labute approximate surface area is 130 Å². The maximum atomic E-state index is 12.7. The number of aromatic nitrogens is 1. The Balaban J connectivity index is 2.63. The molecule has 0 saturated heterocycles. The van der Waals surface area contributed by atoms with E-state index in [1.54, 1.807) is 28.7 Å². The van der Waals surface area contributed by atoms with Crippen LogP contribution in [0.2, 0.25) is 10.0 Å². The Bertz CT molecular complexity index is 629. The lowest BCUT2D eigenvalue weighted by molar-refractivity contribution is -0.141. The molecule has 0 saturated carbocycles. The molecule has 1 nitrogen and oxygen atoms in total. The molecule has 0 N–H and O–H groups in total. The average molecular weight is 418 g/mol. The van der Waals surface area contributed by atoms with Gasteiger partial charge in [0, 0.05) is 14.2 Å². The van der Waals surface area contributed by atoms with E-state index in [9.17, 15) is 13.2 Å². The molecule has 0 unspecified atom stereocenters. The van der Waals surface area contributed by atoms with Crippen molar-refractivity contribution in [3.8, 4) is 11.3 Å². The minimum atomic E-state index is -4.50. The highest BCUT2D eigenvalue weighted by atomic mass is 127. The van der Waals surface area contributed by atoms with Crippen LogP contribution in [0, 0.1) is 3.57 Å². The molecule has 0 aliphatic heterocycles. The summed E-state index contributed by atoms with van der Waals surface area (Å²) in [5, 5.41) is 0.681. The number of halogens is 6. The van der Waals surface area contributed by atoms with Gasteiger partial charge in [-0.15, -0.1) is 0 Å². The molecule has 2 rings (SSSR count). The maximum absolute atomic E-state index is 12.7. The van der Waals surface area contributed by atoms with Crippen molar-refractivity contribution < 1.29 is 13.2 Å². The van der Waals surface area contributed by atoms with Crippen LogP contribution < -0.4 is 0 Å². The Hall–Kier alpha value is -0.530. The third-order valence-electron chi connectivity index (χ3n) is 2.28. The standard InChI is InChI=1S/C12H5Cl2F3IN/c13-6-1-2-9(14)8(3-6)10-4-7(18)5-11(19-10)12(15,16)17/h1-5H. The van der Waals surface area contributed by atoms with Gasteiger partial charge in [0.2, 0.25) is 0 Å². The molecule has 100 valence electrons. The zero-order chi connectivity index (χ0) is 14.2. The molecule has 2 aromatic rings.